The zero-order chi connectivity index (χ0) is 24.3. The number of nitrogens with one attached hydrogen (secondary N) is 3. The van der Waals surface area contributed by atoms with E-state index in [1.807, 2.05) is 57.2 Å². The fraction of sp³-hybridized carbons (Fsp3) is 0.154. The molecule has 1 aromatic heterocycles. The lowest BCUT2D eigenvalue weighted by molar-refractivity contribution is 0.600. The molecule has 0 aliphatic rings. The van der Waals surface area contributed by atoms with Crippen LogP contribution in [0.15, 0.2) is 77.7 Å². The molecule has 4 aromatic rings. The number of benzene rings is 3. The third-order valence-electron chi connectivity index (χ3n) is 5.19. The zero-order valence-electron chi connectivity index (χ0n) is 19.5. The van der Waals surface area contributed by atoms with E-state index >= 15 is 0 Å². The van der Waals surface area contributed by atoms with Crippen LogP contribution in [0.4, 0.5) is 28.7 Å². The fourth-order valence-electron chi connectivity index (χ4n) is 3.56. The second-order valence-electron chi connectivity index (χ2n) is 8.25. The second kappa shape index (κ2) is 9.52. The number of rotatable bonds is 7. The molecule has 8 heteroatoms. The predicted octanol–water partition coefficient (Wildman–Crippen LogP) is 6.00. The summed E-state index contributed by atoms with van der Waals surface area (Å²) >= 11 is 0. The van der Waals surface area contributed by atoms with Crippen molar-refractivity contribution < 1.29 is 8.42 Å². The first-order valence-corrected chi connectivity index (χ1v) is 12.3. The largest absolute Gasteiger partial charge is 0.340 e. The summed E-state index contributed by atoms with van der Waals surface area (Å²) in [6, 6.07) is 22.2. The summed E-state index contributed by atoms with van der Waals surface area (Å²) < 4.78 is 28.2. The Labute approximate surface area is 200 Å². The highest BCUT2D eigenvalue weighted by molar-refractivity contribution is 7.92. The molecular formula is C26H27N5O2S. The minimum absolute atomic E-state index is 0.269. The number of sulfonamides is 1. The average Bonchev–Trinajstić information content (AvgIpc) is 2.76. The molecule has 1 heterocycles. The van der Waals surface area contributed by atoms with Gasteiger partial charge in [0, 0.05) is 23.1 Å². The molecule has 174 valence electrons. The summed E-state index contributed by atoms with van der Waals surface area (Å²) in [5.41, 5.74) is 5.10. The second-order valence-corrected chi connectivity index (χ2v) is 9.90. The first-order chi connectivity index (χ1) is 16.2. The van der Waals surface area contributed by atoms with Crippen LogP contribution in [0.5, 0.6) is 0 Å². The maximum Gasteiger partial charge on any atom is 0.262 e. The molecule has 3 N–H and O–H groups in total. The number of anilines is 5. The highest BCUT2D eigenvalue weighted by atomic mass is 32.2. The Balaban J connectivity index is 1.47. The van der Waals surface area contributed by atoms with Crippen LogP contribution in [0.25, 0.3) is 0 Å². The van der Waals surface area contributed by atoms with Crippen molar-refractivity contribution in [1.82, 2.24) is 9.97 Å². The molecule has 0 radical (unpaired) electrons. The van der Waals surface area contributed by atoms with Crippen molar-refractivity contribution >= 4 is 38.7 Å². The minimum Gasteiger partial charge on any atom is -0.340 e. The van der Waals surface area contributed by atoms with Gasteiger partial charge in [-0.05, 0) is 75.7 Å². The lowest BCUT2D eigenvalue weighted by atomic mass is 10.2. The van der Waals surface area contributed by atoms with Crippen LogP contribution in [0.3, 0.4) is 0 Å². The van der Waals surface area contributed by atoms with E-state index in [-0.39, 0.29) is 4.90 Å². The van der Waals surface area contributed by atoms with Gasteiger partial charge in [-0.2, -0.15) is 0 Å². The van der Waals surface area contributed by atoms with Crippen LogP contribution in [-0.4, -0.2) is 18.4 Å². The Bertz CT molecular complexity index is 1420. The van der Waals surface area contributed by atoms with Gasteiger partial charge in [0.2, 0.25) is 0 Å². The summed E-state index contributed by atoms with van der Waals surface area (Å²) in [4.78, 5) is 9.17. The Morgan fingerprint density at radius 3 is 1.68 bits per heavy atom. The average molecular weight is 474 g/mol. The van der Waals surface area contributed by atoms with E-state index in [1.165, 1.54) is 5.56 Å². The minimum atomic E-state index is -3.68. The summed E-state index contributed by atoms with van der Waals surface area (Å²) in [5, 5.41) is 6.54. The van der Waals surface area contributed by atoms with Crippen molar-refractivity contribution in [3.63, 3.8) is 0 Å². The van der Waals surface area contributed by atoms with Crippen molar-refractivity contribution in [2.45, 2.75) is 32.6 Å². The fourth-order valence-corrected chi connectivity index (χ4v) is 4.85. The molecule has 0 unspecified atom stereocenters. The van der Waals surface area contributed by atoms with E-state index < -0.39 is 10.0 Å². The highest BCUT2D eigenvalue weighted by Crippen LogP contribution is 2.24. The van der Waals surface area contributed by atoms with Gasteiger partial charge in [-0.15, -0.1) is 0 Å². The summed E-state index contributed by atoms with van der Waals surface area (Å²) in [6.07, 6.45) is 0. The molecule has 34 heavy (non-hydrogen) atoms. The van der Waals surface area contributed by atoms with Gasteiger partial charge in [-0.1, -0.05) is 35.4 Å². The van der Waals surface area contributed by atoms with Crippen molar-refractivity contribution in [2.24, 2.45) is 0 Å². The van der Waals surface area contributed by atoms with Gasteiger partial charge in [0.1, 0.15) is 17.5 Å². The Morgan fingerprint density at radius 1 is 0.618 bits per heavy atom. The lowest BCUT2D eigenvalue weighted by Gasteiger charge is -2.13. The van der Waals surface area contributed by atoms with Crippen LogP contribution in [-0.2, 0) is 10.0 Å². The first kappa shape index (κ1) is 23.3. The molecule has 0 amide bonds. The monoisotopic (exact) mass is 473 g/mol. The van der Waals surface area contributed by atoms with Crippen molar-refractivity contribution in [2.75, 3.05) is 15.4 Å². The molecule has 0 aliphatic heterocycles. The van der Waals surface area contributed by atoms with Crippen LogP contribution in [0, 0.1) is 27.7 Å². The molecule has 3 aromatic carbocycles. The topological polar surface area (TPSA) is 96.0 Å². The van der Waals surface area contributed by atoms with Crippen LogP contribution >= 0.6 is 0 Å². The van der Waals surface area contributed by atoms with Gasteiger partial charge in [0.15, 0.2) is 0 Å². The zero-order valence-corrected chi connectivity index (χ0v) is 20.4. The summed E-state index contributed by atoms with van der Waals surface area (Å²) in [6.45, 7) is 7.60. The SMILES string of the molecule is Cc1ccc(Nc2cc(Nc3ccc(NS(=O)(=O)c4ccc(C)cc4C)cc3)nc(C)n2)cc1. The Kier molecular flexibility index (Phi) is 6.51. The van der Waals surface area contributed by atoms with Gasteiger partial charge in [-0.25, -0.2) is 18.4 Å². The molecule has 7 nitrogen and oxygen atoms in total. The third kappa shape index (κ3) is 5.71. The normalized spacial score (nSPS) is 11.2. The number of hydrogen-bond acceptors (Lipinski definition) is 6. The number of aromatic nitrogens is 2. The van der Waals surface area contributed by atoms with E-state index in [0.717, 1.165) is 16.9 Å². The summed E-state index contributed by atoms with van der Waals surface area (Å²) in [7, 11) is -3.68. The van der Waals surface area contributed by atoms with Gasteiger partial charge >= 0.3 is 0 Å². The van der Waals surface area contributed by atoms with E-state index in [4.69, 9.17) is 0 Å². The third-order valence-corrected chi connectivity index (χ3v) is 6.73. The van der Waals surface area contributed by atoms with Gasteiger partial charge < -0.3 is 10.6 Å². The molecule has 0 saturated carbocycles. The smallest absolute Gasteiger partial charge is 0.262 e. The first-order valence-electron chi connectivity index (χ1n) is 10.8. The summed E-state index contributed by atoms with van der Waals surface area (Å²) in [5.74, 6) is 1.93. The van der Waals surface area contributed by atoms with Crippen molar-refractivity contribution in [3.05, 3.63) is 95.3 Å². The number of nitrogens with zero attached hydrogens (tertiary/aromatic N) is 2. The van der Waals surface area contributed by atoms with Crippen LogP contribution in [0.2, 0.25) is 0 Å². The molecule has 0 saturated heterocycles. The van der Waals surface area contributed by atoms with Crippen LogP contribution < -0.4 is 15.4 Å². The molecule has 4 rings (SSSR count). The van der Waals surface area contributed by atoms with E-state index in [1.54, 1.807) is 43.3 Å². The van der Waals surface area contributed by atoms with Crippen molar-refractivity contribution in [3.8, 4) is 0 Å². The molecule has 0 atom stereocenters. The molecule has 0 spiro atoms. The molecule has 0 fully saturated rings. The van der Waals surface area contributed by atoms with Crippen molar-refractivity contribution in [1.29, 1.82) is 0 Å². The van der Waals surface area contributed by atoms with E-state index in [2.05, 4.69) is 25.3 Å². The number of aryl methyl sites for hydroxylation is 4. The van der Waals surface area contributed by atoms with Gasteiger partial charge in [-0.3, -0.25) is 4.72 Å². The standard InChI is InChI=1S/C26H27N5O2S/c1-17-5-8-21(9-6-17)29-25-16-26(28-20(4)27-25)30-22-10-12-23(13-11-22)31-34(32,33)24-14-7-18(2)15-19(24)3/h5-16,31H,1-4H3,(H2,27,28,29,30). The quantitative estimate of drug-likeness (QED) is 0.305. The van der Waals surface area contributed by atoms with Gasteiger partial charge in [0.05, 0.1) is 4.90 Å². The maximum absolute atomic E-state index is 12.8. The van der Waals surface area contributed by atoms with Crippen LogP contribution in [0.1, 0.15) is 22.5 Å². The molecule has 0 aliphatic carbocycles. The Hall–Kier alpha value is -3.91. The van der Waals surface area contributed by atoms with E-state index in [9.17, 15) is 8.42 Å². The molecular weight excluding hydrogens is 446 g/mol. The predicted molar refractivity (Wildman–Crippen MR) is 138 cm³/mol. The lowest BCUT2D eigenvalue weighted by Crippen LogP contribution is -2.14. The van der Waals surface area contributed by atoms with Gasteiger partial charge in [0.25, 0.3) is 10.0 Å². The highest BCUT2D eigenvalue weighted by Gasteiger charge is 2.17. The number of hydrogen-bond donors (Lipinski definition) is 3. The maximum atomic E-state index is 12.8. The Morgan fingerprint density at radius 2 is 1.12 bits per heavy atom. The molecule has 0 bridgehead atoms. The van der Waals surface area contributed by atoms with E-state index in [0.29, 0.717) is 28.7 Å².